The van der Waals surface area contributed by atoms with E-state index >= 15 is 0 Å². The second-order valence-electron chi connectivity index (χ2n) is 4.83. The highest BCUT2D eigenvalue weighted by atomic mass is 16.5. The molecule has 21 heavy (non-hydrogen) atoms. The molecule has 0 amide bonds. The maximum atomic E-state index is 5.26. The largest absolute Gasteiger partial charge is 0.339 e. The summed E-state index contributed by atoms with van der Waals surface area (Å²) in [7, 11) is 0. The predicted octanol–water partition coefficient (Wildman–Crippen LogP) is 3.44. The molecule has 3 aromatic rings. The van der Waals surface area contributed by atoms with Gasteiger partial charge < -0.3 is 9.05 Å². The summed E-state index contributed by atoms with van der Waals surface area (Å²) in [6, 6.07) is 7.70. The van der Waals surface area contributed by atoms with Crippen LogP contribution < -0.4 is 0 Å². The van der Waals surface area contributed by atoms with Gasteiger partial charge in [0.25, 0.3) is 0 Å². The second kappa shape index (κ2) is 5.87. The van der Waals surface area contributed by atoms with Gasteiger partial charge in [0.2, 0.25) is 23.4 Å². The first-order valence-electron chi connectivity index (χ1n) is 7.00. The first kappa shape index (κ1) is 13.5. The molecule has 0 fully saturated rings. The highest BCUT2D eigenvalue weighted by Crippen LogP contribution is 2.23. The van der Waals surface area contributed by atoms with Crippen LogP contribution in [0.5, 0.6) is 0 Å². The van der Waals surface area contributed by atoms with E-state index < -0.39 is 0 Å². The topological polar surface area (TPSA) is 77.8 Å². The molecule has 0 radical (unpaired) electrons. The van der Waals surface area contributed by atoms with E-state index in [-0.39, 0.29) is 0 Å². The Morgan fingerprint density at radius 2 is 1.71 bits per heavy atom. The Morgan fingerprint density at radius 3 is 2.38 bits per heavy atom. The molecule has 3 rings (SSSR count). The lowest BCUT2D eigenvalue weighted by molar-refractivity contribution is 0.375. The van der Waals surface area contributed by atoms with E-state index in [2.05, 4.69) is 27.2 Å². The summed E-state index contributed by atoms with van der Waals surface area (Å²) in [6.45, 7) is 3.90. The Kier molecular flexibility index (Phi) is 3.77. The molecule has 2 aromatic heterocycles. The Morgan fingerprint density at radius 1 is 1.00 bits per heavy atom. The van der Waals surface area contributed by atoms with E-state index in [0.717, 1.165) is 30.4 Å². The quantitative estimate of drug-likeness (QED) is 0.714. The lowest BCUT2D eigenvalue weighted by Crippen LogP contribution is -1.86. The van der Waals surface area contributed by atoms with Crippen molar-refractivity contribution in [1.29, 1.82) is 0 Å². The summed E-state index contributed by atoms with van der Waals surface area (Å²) >= 11 is 0. The third-order valence-corrected chi connectivity index (χ3v) is 3.12. The van der Waals surface area contributed by atoms with Crippen molar-refractivity contribution in [2.45, 2.75) is 33.1 Å². The molecule has 0 aliphatic carbocycles. The van der Waals surface area contributed by atoms with Crippen LogP contribution in [-0.4, -0.2) is 20.3 Å². The summed E-state index contributed by atoms with van der Waals surface area (Å²) in [5, 5.41) is 7.95. The van der Waals surface area contributed by atoms with Gasteiger partial charge in [-0.1, -0.05) is 41.9 Å². The standard InChI is InChI=1S/C15H16N4O2/c1-3-4-8-13-17-15(19-21-13)12-7-5-6-11(9-12)14-16-10(2)20-18-14/h5-7,9H,3-4,8H2,1-2H3. The van der Waals surface area contributed by atoms with Crippen LogP contribution in [0.3, 0.4) is 0 Å². The van der Waals surface area contributed by atoms with Crippen molar-refractivity contribution in [2.75, 3.05) is 0 Å². The van der Waals surface area contributed by atoms with Gasteiger partial charge in [-0.25, -0.2) is 0 Å². The third kappa shape index (κ3) is 2.99. The molecule has 108 valence electrons. The van der Waals surface area contributed by atoms with E-state index in [4.69, 9.17) is 9.05 Å². The first-order valence-corrected chi connectivity index (χ1v) is 7.00. The molecule has 0 saturated carbocycles. The van der Waals surface area contributed by atoms with Crippen molar-refractivity contribution < 1.29 is 9.05 Å². The molecule has 0 spiro atoms. The van der Waals surface area contributed by atoms with Gasteiger partial charge in [-0.3, -0.25) is 0 Å². The smallest absolute Gasteiger partial charge is 0.226 e. The molecule has 0 aliphatic heterocycles. The number of aryl methyl sites for hydroxylation is 2. The Bertz CT molecular complexity index is 733. The molecule has 0 atom stereocenters. The Labute approximate surface area is 122 Å². The molecule has 2 heterocycles. The zero-order chi connectivity index (χ0) is 14.7. The summed E-state index contributed by atoms with van der Waals surface area (Å²) < 4.78 is 10.3. The van der Waals surface area contributed by atoms with Crippen molar-refractivity contribution in [2.24, 2.45) is 0 Å². The fourth-order valence-corrected chi connectivity index (χ4v) is 2.02. The zero-order valence-electron chi connectivity index (χ0n) is 12.0. The number of rotatable bonds is 5. The number of benzene rings is 1. The summed E-state index contributed by atoms with van der Waals surface area (Å²) in [5.41, 5.74) is 1.74. The highest BCUT2D eigenvalue weighted by molar-refractivity contribution is 5.65. The fraction of sp³-hybridized carbons (Fsp3) is 0.333. The van der Waals surface area contributed by atoms with Gasteiger partial charge in [0.05, 0.1) is 0 Å². The van der Waals surface area contributed by atoms with Crippen molar-refractivity contribution in [3.63, 3.8) is 0 Å². The SMILES string of the molecule is CCCCc1nc(-c2cccc(-c3noc(C)n3)c2)no1. The maximum Gasteiger partial charge on any atom is 0.226 e. The summed E-state index contributed by atoms with van der Waals surface area (Å²) in [4.78, 5) is 8.64. The van der Waals surface area contributed by atoms with Crippen LogP contribution in [-0.2, 0) is 6.42 Å². The van der Waals surface area contributed by atoms with Gasteiger partial charge in [0, 0.05) is 24.5 Å². The molecule has 0 unspecified atom stereocenters. The monoisotopic (exact) mass is 284 g/mol. The third-order valence-electron chi connectivity index (χ3n) is 3.12. The van der Waals surface area contributed by atoms with Gasteiger partial charge in [0.1, 0.15) is 0 Å². The number of aromatic nitrogens is 4. The van der Waals surface area contributed by atoms with E-state index in [0.29, 0.717) is 23.4 Å². The predicted molar refractivity (Wildman–Crippen MR) is 76.4 cm³/mol. The maximum absolute atomic E-state index is 5.26. The molecule has 1 aromatic carbocycles. The highest BCUT2D eigenvalue weighted by Gasteiger charge is 2.11. The van der Waals surface area contributed by atoms with Crippen LogP contribution in [0.15, 0.2) is 33.3 Å². The molecule has 6 nitrogen and oxygen atoms in total. The minimum atomic E-state index is 0.539. The molecular formula is C15H16N4O2. The van der Waals surface area contributed by atoms with Crippen molar-refractivity contribution in [1.82, 2.24) is 20.3 Å². The van der Waals surface area contributed by atoms with Crippen LogP contribution in [0.4, 0.5) is 0 Å². The lowest BCUT2D eigenvalue weighted by atomic mass is 10.1. The number of hydrogen-bond donors (Lipinski definition) is 0. The average molecular weight is 284 g/mol. The van der Waals surface area contributed by atoms with E-state index in [1.54, 1.807) is 6.92 Å². The van der Waals surface area contributed by atoms with Gasteiger partial charge in [-0.05, 0) is 12.5 Å². The van der Waals surface area contributed by atoms with Crippen molar-refractivity contribution in [3.8, 4) is 22.8 Å². The van der Waals surface area contributed by atoms with Gasteiger partial charge in [0.15, 0.2) is 0 Å². The minimum absolute atomic E-state index is 0.539. The van der Waals surface area contributed by atoms with Crippen LogP contribution in [0, 0.1) is 6.92 Å². The minimum Gasteiger partial charge on any atom is -0.339 e. The lowest BCUT2D eigenvalue weighted by Gasteiger charge is -1.97. The first-order chi connectivity index (χ1) is 10.3. The average Bonchev–Trinajstić information content (AvgIpc) is 3.14. The van der Waals surface area contributed by atoms with Crippen LogP contribution >= 0.6 is 0 Å². The second-order valence-corrected chi connectivity index (χ2v) is 4.83. The summed E-state index contributed by atoms with van der Waals surface area (Å²) in [5.74, 6) is 2.36. The Balaban J connectivity index is 1.87. The van der Waals surface area contributed by atoms with Crippen molar-refractivity contribution in [3.05, 3.63) is 36.0 Å². The van der Waals surface area contributed by atoms with Crippen LogP contribution in [0.1, 0.15) is 31.5 Å². The summed E-state index contributed by atoms with van der Waals surface area (Å²) in [6.07, 6.45) is 2.96. The number of hydrogen-bond acceptors (Lipinski definition) is 6. The van der Waals surface area contributed by atoms with Crippen LogP contribution in [0.2, 0.25) is 0 Å². The normalized spacial score (nSPS) is 11.0. The van der Waals surface area contributed by atoms with Gasteiger partial charge in [-0.2, -0.15) is 9.97 Å². The number of nitrogens with zero attached hydrogens (tertiary/aromatic N) is 4. The van der Waals surface area contributed by atoms with E-state index in [9.17, 15) is 0 Å². The van der Waals surface area contributed by atoms with Gasteiger partial charge >= 0.3 is 0 Å². The molecule has 0 aliphatic rings. The Hall–Kier alpha value is -2.50. The number of unbranched alkanes of at least 4 members (excludes halogenated alkanes) is 1. The zero-order valence-corrected chi connectivity index (χ0v) is 12.0. The molecule has 6 heteroatoms. The van der Waals surface area contributed by atoms with E-state index in [1.165, 1.54) is 0 Å². The van der Waals surface area contributed by atoms with Crippen LogP contribution in [0.25, 0.3) is 22.8 Å². The molecule has 0 saturated heterocycles. The fourth-order valence-electron chi connectivity index (χ4n) is 2.02. The van der Waals surface area contributed by atoms with Crippen molar-refractivity contribution >= 4 is 0 Å². The molecule has 0 bridgehead atoms. The molecular weight excluding hydrogens is 268 g/mol. The molecule has 0 N–H and O–H groups in total. The van der Waals surface area contributed by atoms with E-state index in [1.807, 2.05) is 24.3 Å². The van der Waals surface area contributed by atoms with Gasteiger partial charge in [-0.15, -0.1) is 0 Å².